The van der Waals surface area contributed by atoms with Crippen molar-refractivity contribution in [3.8, 4) is 5.75 Å². The molecule has 0 radical (unpaired) electrons. The van der Waals surface area contributed by atoms with Crippen LogP contribution in [0.15, 0.2) is 30.5 Å². The monoisotopic (exact) mass is 299 g/mol. The highest BCUT2D eigenvalue weighted by molar-refractivity contribution is 6.07. The van der Waals surface area contributed by atoms with E-state index in [1.54, 1.807) is 37.6 Å². The summed E-state index contributed by atoms with van der Waals surface area (Å²) in [5.41, 5.74) is 1.01. The SMILES string of the molecule is COc1ccc(C(=O)c2cn(C3CCCC(C)C3)nn2)cc1. The fraction of sp³-hybridized carbons (Fsp3) is 0.471. The van der Waals surface area contributed by atoms with Crippen LogP contribution in [0.5, 0.6) is 5.75 Å². The van der Waals surface area contributed by atoms with Gasteiger partial charge in [0.2, 0.25) is 5.78 Å². The summed E-state index contributed by atoms with van der Waals surface area (Å²) in [6.45, 7) is 2.27. The smallest absolute Gasteiger partial charge is 0.214 e. The third kappa shape index (κ3) is 3.03. The number of carbonyl (C=O) groups is 1. The summed E-state index contributed by atoms with van der Waals surface area (Å²) < 4.78 is 6.97. The van der Waals surface area contributed by atoms with E-state index in [0.29, 0.717) is 23.2 Å². The Kier molecular flexibility index (Phi) is 4.22. The highest BCUT2D eigenvalue weighted by Gasteiger charge is 2.22. The summed E-state index contributed by atoms with van der Waals surface area (Å²) in [4.78, 5) is 12.4. The topological polar surface area (TPSA) is 57.0 Å². The lowest BCUT2D eigenvalue weighted by Crippen LogP contribution is -2.18. The Hall–Kier alpha value is -2.17. The summed E-state index contributed by atoms with van der Waals surface area (Å²) in [6.07, 6.45) is 6.51. The Morgan fingerprint density at radius 1 is 1.27 bits per heavy atom. The van der Waals surface area contributed by atoms with Crippen molar-refractivity contribution >= 4 is 5.78 Å². The van der Waals surface area contributed by atoms with Crippen molar-refractivity contribution in [2.24, 2.45) is 5.92 Å². The Labute approximate surface area is 130 Å². The van der Waals surface area contributed by atoms with Gasteiger partial charge in [-0.2, -0.15) is 0 Å². The molecule has 22 heavy (non-hydrogen) atoms. The first kappa shape index (κ1) is 14.8. The van der Waals surface area contributed by atoms with E-state index in [-0.39, 0.29) is 5.78 Å². The molecular weight excluding hydrogens is 278 g/mol. The van der Waals surface area contributed by atoms with Gasteiger partial charge in [0.05, 0.1) is 19.3 Å². The zero-order chi connectivity index (χ0) is 15.5. The number of aromatic nitrogens is 3. The number of ketones is 1. The number of carbonyl (C=O) groups excluding carboxylic acids is 1. The first-order chi connectivity index (χ1) is 10.7. The fourth-order valence-corrected chi connectivity index (χ4v) is 3.09. The molecule has 5 heteroatoms. The van der Waals surface area contributed by atoms with E-state index in [1.165, 1.54) is 12.8 Å². The van der Waals surface area contributed by atoms with Crippen LogP contribution in [0.1, 0.15) is 54.7 Å². The lowest BCUT2D eigenvalue weighted by Gasteiger charge is -2.26. The standard InChI is InChI=1S/C17H21N3O2/c1-12-4-3-5-14(10-12)20-11-16(18-19-20)17(21)13-6-8-15(22-2)9-7-13/h6-9,11-12,14H,3-5,10H2,1-2H3. The van der Waals surface area contributed by atoms with Crippen molar-refractivity contribution in [1.82, 2.24) is 15.0 Å². The van der Waals surface area contributed by atoms with Gasteiger partial charge in [0, 0.05) is 5.56 Å². The predicted molar refractivity (Wildman–Crippen MR) is 83.1 cm³/mol. The van der Waals surface area contributed by atoms with Crippen LogP contribution in [0.2, 0.25) is 0 Å². The summed E-state index contributed by atoms with van der Waals surface area (Å²) in [5.74, 6) is 1.35. The second-order valence-electron chi connectivity index (χ2n) is 6.07. The molecule has 0 N–H and O–H groups in total. The maximum absolute atomic E-state index is 12.4. The van der Waals surface area contributed by atoms with Crippen LogP contribution >= 0.6 is 0 Å². The minimum Gasteiger partial charge on any atom is -0.497 e. The molecule has 2 unspecified atom stereocenters. The number of ether oxygens (including phenoxy) is 1. The highest BCUT2D eigenvalue weighted by Crippen LogP contribution is 2.31. The molecule has 1 saturated carbocycles. The van der Waals surface area contributed by atoms with Crippen LogP contribution in [-0.4, -0.2) is 27.9 Å². The fourth-order valence-electron chi connectivity index (χ4n) is 3.09. The van der Waals surface area contributed by atoms with E-state index in [1.807, 2.05) is 4.68 Å². The molecule has 0 spiro atoms. The van der Waals surface area contributed by atoms with Gasteiger partial charge in [-0.3, -0.25) is 4.79 Å². The van der Waals surface area contributed by atoms with Gasteiger partial charge in [-0.1, -0.05) is 25.0 Å². The predicted octanol–water partition coefficient (Wildman–Crippen LogP) is 3.27. The molecule has 0 saturated heterocycles. The van der Waals surface area contributed by atoms with E-state index in [2.05, 4.69) is 17.2 Å². The average molecular weight is 299 g/mol. The highest BCUT2D eigenvalue weighted by atomic mass is 16.5. The molecule has 5 nitrogen and oxygen atoms in total. The Morgan fingerprint density at radius 2 is 2.05 bits per heavy atom. The number of methoxy groups -OCH3 is 1. The summed E-state index contributed by atoms with van der Waals surface area (Å²) in [6, 6.07) is 7.43. The molecule has 3 rings (SSSR count). The van der Waals surface area contributed by atoms with Gasteiger partial charge in [-0.05, 0) is 43.0 Å². The minimum absolute atomic E-state index is 0.0993. The third-order valence-corrected chi connectivity index (χ3v) is 4.38. The molecule has 1 aromatic carbocycles. The molecule has 1 heterocycles. The van der Waals surface area contributed by atoms with Gasteiger partial charge < -0.3 is 4.74 Å². The Bertz CT molecular complexity index is 648. The largest absolute Gasteiger partial charge is 0.497 e. The summed E-state index contributed by atoms with van der Waals surface area (Å²) >= 11 is 0. The molecule has 2 atom stereocenters. The molecular formula is C17H21N3O2. The van der Waals surface area contributed by atoms with E-state index < -0.39 is 0 Å². The average Bonchev–Trinajstić information content (AvgIpc) is 3.04. The van der Waals surface area contributed by atoms with Crippen molar-refractivity contribution in [1.29, 1.82) is 0 Å². The number of hydrogen-bond acceptors (Lipinski definition) is 4. The molecule has 0 aliphatic heterocycles. The van der Waals surface area contributed by atoms with Crippen molar-refractivity contribution in [3.05, 3.63) is 41.7 Å². The van der Waals surface area contributed by atoms with Gasteiger partial charge in [0.15, 0.2) is 5.69 Å². The van der Waals surface area contributed by atoms with Crippen LogP contribution in [0, 0.1) is 5.92 Å². The van der Waals surface area contributed by atoms with E-state index in [0.717, 1.165) is 18.6 Å². The quantitative estimate of drug-likeness (QED) is 0.813. The normalized spacial score (nSPS) is 21.5. The molecule has 2 aromatic rings. The molecule has 1 aliphatic rings. The van der Waals surface area contributed by atoms with Crippen LogP contribution in [0.25, 0.3) is 0 Å². The maximum Gasteiger partial charge on any atom is 0.214 e. The number of rotatable bonds is 4. The van der Waals surface area contributed by atoms with Gasteiger partial charge in [0.1, 0.15) is 5.75 Å². The van der Waals surface area contributed by atoms with Gasteiger partial charge in [0.25, 0.3) is 0 Å². The zero-order valence-corrected chi connectivity index (χ0v) is 13.0. The van der Waals surface area contributed by atoms with Gasteiger partial charge in [-0.15, -0.1) is 5.10 Å². The molecule has 0 amide bonds. The second-order valence-corrected chi connectivity index (χ2v) is 6.07. The summed E-state index contributed by atoms with van der Waals surface area (Å²) in [7, 11) is 1.60. The zero-order valence-electron chi connectivity index (χ0n) is 13.0. The lowest BCUT2D eigenvalue weighted by atomic mass is 9.87. The third-order valence-electron chi connectivity index (χ3n) is 4.38. The number of hydrogen-bond donors (Lipinski definition) is 0. The molecule has 116 valence electrons. The maximum atomic E-state index is 12.4. The summed E-state index contributed by atoms with van der Waals surface area (Å²) in [5, 5.41) is 8.24. The van der Waals surface area contributed by atoms with Gasteiger partial charge in [-0.25, -0.2) is 4.68 Å². The van der Waals surface area contributed by atoms with Crippen molar-refractivity contribution in [3.63, 3.8) is 0 Å². The molecule has 0 bridgehead atoms. The first-order valence-corrected chi connectivity index (χ1v) is 7.78. The second kappa shape index (κ2) is 6.30. The van der Waals surface area contributed by atoms with E-state index >= 15 is 0 Å². The molecule has 1 fully saturated rings. The first-order valence-electron chi connectivity index (χ1n) is 7.78. The van der Waals surface area contributed by atoms with E-state index in [4.69, 9.17) is 4.74 Å². The Morgan fingerprint density at radius 3 is 2.73 bits per heavy atom. The lowest BCUT2D eigenvalue weighted by molar-refractivity contribution is 0.103. The molecule has 1 aromatic heterocycles. The van der Waals surface area contributed by atoms with Crippen molar-refractivity contribution < 1.29 is 9.53 Å². The van der Waals surface area contributed by atoms with Crippen molar-refractivity contribution in [2.75, 3.05) is 7.11 Å². The van der Waals surface area contributed by atoms with Crippen LogP contribution in [0.4, 0.5) is 0 Å². The number of benzene rings is 1. The van der Waals surface area contributed by atoms with Crippen LogP contribution in [-0.2, 0) is 0 Å². The minimum atomic E-state index is -0.0993. The number of nitrogens with zero attached hydrogens (tertiary/aromatic N) is 3. The van der Waals surface area contributed by atoms with Crippen molar-refractivity contribution in [2.45, 2.75) is 38.6 Å². The van der Waals surface area contributed by atoms with Crippen LogP contribution < -0.4 is 4.74 Å². The molecule has 1 aliphatic carbocycles. The van der Waals surface area contributed by atoms with E-state index in [9.17, 15) is 4.79 Å². The Balaban J connectivity index is 1.76. The van der Waals surface area contributed by atoms with Crippen LogP contribution in [0.3, 0.4) is 0 Å². The van der Waals surface area contributed by atoms with Gasteiger partial charge >= 0.3 is 0 Å².